The first-order valence-electron chi connectivity index (χ1n) is 11.9. The van der Waals surface area contributed by atoms with Crippen molar-refractivity contribution in [3.63, 3.8) is 0 Å². The lowest BCUT2D eigenvalue weighted by molar-refractivity contribution is 0.0690. The van der Waals surface area contributed by atoms with Crippen molar-refractivity contribution in [3.8, 4) is 11.1 Å². The highest BCUT2D eigenvalue weighted by Crippen LogP contribution is 2.40. The molecule has 0 spiro atoms. The highest BCUT2D eigenvalue weighted by atomic mass is 16.5. The summed E-state index contributed by atoms with van der Waals surface area (Å²) in [6, 6.07) is 1.74. The molecular formula is C24H29N7O4. The van der Waals surface area contributed by atoms with E-state index in [-0.39, 0.29) is 23.7 Å². The number of hydrogen-bond donors (Lipinski definition) is 1. The Kier molecular flexibility index (Phi) is 6.00. The van der Waals surface area contributed by atoms with Gasteiger partial charge in [-0.15, -0.1) is 0 Å². The van der Waals surface area contributed by atoms with Crippen molar-refractivity contribution in [2.45, 2.75) is 44.1 Å². The number of rotatable bonds is 5. The van der Waals surface area contributed by atoms with E-state index in [2.05, 4.69) is 15.0 Å². The Balaban J connectivity index is 1.69. The fourth-order valence-corrected chi connectivity index (χ4v) is 4.99. The summed E-state index contributed by atoms with van der Waals surface area (Å²) in [6.07, 6.45) is 8.38. The third-order valence-electron chi connectivity index (χ3n) is 6.88. The number of fused-ring (bicyclic) bond motifs is 1. The van der Waals surface area contributed by atoms with Gasteiger partial charge in [0.05, 0.1) is 24.2 Å². The molecule has 3 aromatic heterocycles. The molecule has 1 saturated carbocycles. The summed E-state index contributed by atoms with van der Waals surface area (Å²) >= 11 is 0. The average Bonchev–Trinajstić information content (AvgIpc) is 3.22. The lowest BCUT2D eigenvalue weighted by Gasteiger charge is -2.37. The molecule has 0 aromatic carbocycles. The second-order valence-electron chi connectivity index (χ2n) is 9.42. The van der Waals surface area contributed by atoms with Crippen molar-refractivity contribution < 1.29 is 19.4 Å². The van der Waals surface area contributed by atoms with E-state index in [1.807, 2.05) is 18.8 Å². The Morgan fingerprint density at radius 2 is 1.80 bits per heavy atom. The lowest BCUT2D eigenvalue weighted by Crippen LogP contribution is -2.48. The van der Waals surface area contributed by atoms with Gasteiger partial charge in [-0.2, -0.15) is 5.10 Å². The Hall–Kier alpha value is -3.76. The second kappa shape index (κ2) is 9.12. The van der Waals surface area contributed by atoms with Crippen molar-refractivity contribution in [1.29, 1.82) is 0 Å². The van der Waals surface area contributed by atoms with Crippen LogP contribution in [0.3, 0.4) is 0 Å². The zero-order valence-electron chi connectivity index (χ0n) is 20.1. The fourth-order valence-electron chi connectivity index (χ4n) is 4.99. The highest BCUT2D eigenvalue weighted by Gasteiger charge is 2.37. The first-order valence-corrected chi connectivity index (χ1v) is 11.9. The molecule has 11 heteroatoms. The number of anilines is 1. The van der Waals surface area contributed by atoms with Crippen LogP contribution in [0.25, 0.3) is 22.2 Å². The van der Waals surface area contributed by atoms with Crippen LogP contribution in [0.15, 0.2) is 18.5 Å². The van der Waals surface area contributed by atoms with Gasteiger partial charge in [0.15, 0.2) is 11.3 Å². The van der Waals surface area contributed by atoms with Gasteiger partial charge < -0.3 is 19.6 Å². The van der Waals surface area contributed by atoms with Crippen molar-refractivity contribution >= 4 is 29.0 Å². The topological polar surface area (TPSA) is 127 Å². The number of pyridine rings is 1. The number of ether oxygens (including phenoxy) is 1. The van der Waals surface area contributed by atoms with Gasteiger partial charge in [0, 0.05) is 56.6 Å². The fraction of sp³-hybridized carbons (Fsp3) is 0.500. The summed E-state index contributed by atoms with van der Waals surface area (Å²) in [7, 11) is 5.09. The van der Waals surface area contributed by atoms with E-state index in [1.54, 1.807) is 28.3 Å². The SMILES string of the molecule is COC(=O)N1CC(c2nn(C3CCCCC3)c3nc(C(=O)O)cc(-c4cnc(N(C)C)nc4)c23)C1. The summed E-state index contributed by atoms with van der Waals surface area (Å²) in [6.45, 7) is 0.972. The van der Waals surface area contributed by atoms with Crippen LogP contribution in [-0.2, 0) is 4.74 Å². The molecule has 1 N–H and O–H groups in total. The van der Waals surface area contributed by atoms with E-state index in [1.165, 1.54) is 13.5 Å². The van der Waals surface area contributed by atoms with Crippen LogP contribution in [0.5, 0.6) is 0 Å². The number of nitrogens with zero attached hydrogens (tertiary/aromatic N) is 7. The molecule has 0 bridgehead atoms. The van der Waals surface area contributed by atoms with Crippen molar-refractivity contribution in [2.24, 2.45) is 0 Å². The molecule has 0 unspecified atom stereocenters. The first kappa shape index (κ1) is 23.0. The van der Waals surface area contributed by atoms with Crippen LogP contribution in [0.1, 0.15) is 60.2 Å². The average molecular weight is 480 g/mol. The van der Waals surface area contributed by atoms with Crippen LogP contribution >= 0.6 is 0 Å². The van der Waals surface area contributed by atoms with Gasteiger partial charge in [0.2, 0.25) is 5.95 Å². The molecule has 2 aliphatic rings. The van der Waals surface area contributed by atoms with Crippen LogP contribution in [-0.4, -0.2) is 81.1 Å². The van der Waals surface area contributed by atoms with E-state index in [0.29, 0.717) is 35.8 Å². The number of carboxylic acids is 1. The summed E-state index contributed by atoms with van der Waals surface area (Å²) in [5, 5.41) is 15.7. The number of carbonyl (C=O) groups is 2. The largest absolute Gasteiger partial charge is 0.477 e. The van der Waals surface area contributed by atoms with Gasteiger partial charge in [-0.05, 0) is 18.9 Å². The monoisotopic (exact) mass is 479 g/mol. The van der Waals surface area contributed by atoms with Crippen LogP contribution in [0.2, 0.25) is 0 Å². The number of aromatic nitrogens is 5. The zero-order chi connectivity index (χ0) is 24.7. The highest BCUT2D eigenvalue weighted by molar-refractivity contribution is 5.99. The molecule has 1 aliphatic carbocycles. The Bertz CT molecular complexity index is 1260. The van der Waals surface area contributed by atoms with E-state index < -0.39 is 5.97 Å². The first-order chi connectivity index (χ1) is 16.9. The molecular weight excluding hydrogens is 450 g/mol. The predicted octanol–water partition coefficient (Wildman–Crippen LogP) is 3.32. The number of hydrogen-bond acceptors (Lipinski definition) is 8. The molecule has 4 heterocycles. The molecule has 2 fully saturated rings. The van der Waals surface area contributed by atoms with E-state index >= 15 is 0 Å². The van der Waals surface area contributed by atoms with Gasteiger partial charge in [0.25, 0.3) is 0 Å². The van der Waals surface area contributed by atoms with Crippen molar-refractivity contribution in [1.82, 2.24) is 29.6 Å². The molecule has 11 nitrogen and oxygen atoms in total. The van der Waals surface area contributed by atoms with Crippen LogP contribution in [0, 0.1) is 0 Å². The summed E-state index contributed by atoms with van der Waals surface area (Å²) in [4.78, 5) is 40.9. The molecule has 35 heavy (non-hydrogen) atoms. The Morgan fingerprint density at radius 3 is 2.40 bits per heavy atom. The molecule has 184 valence electrons. The summed E-state index contributed by atoms with van der Waals surface area (Å²) < 4.78 is 6.78. The summed E-state index contributed by atoms with van der Waals surface area (Å²) in [5.74, 6) is -0.541. The number of methoxy groups -OCH3 is 1. The maximum absolute atomic E-state index is 12.0. The third kappa shape index (κ3) is 4.15. The second-order valence-corrected chi connectivity index (χ2v) is 9.42. The summed E-state index contributed by atoms with van der Waals surface area (Å²) in [5.41, 5.74) is 2.72. The molecule has 3 aromatic rings. The van der Waals surface area contributed by atoms with Crippen LogP contribution < -0.4 is 4.90 Å². The molecule has 5 rings (SSSR count). The van der Waals surface area contributed by atoms with Crippen molar-refractivity contribution in [3.05, 3.63) is 29.8 Å². The number of carboxylic acid groups (broad SMARTS) is 1. The minimum absolute atomic E-state index is 0.000338. The number of likely N-dealkylation sites (tertiary alicyclic amines) is 1. The van der Waals surface area contributed by atoms with Gasteiger partial charge in [-0.1, -0.05) is 19.3 Å². The number of aromatic carboxylic acids is 1. The standard InChI is InChI=1S/C24H29N7O4/c1-29(2)23-25-10-14(11-26-23)17-9-18(22(32)33)27-21-19(17)20(15-12-30(13-15)24(34)35-3)28-31(21)16-7-5-4-6-8-16/h9-11,15-16H,4-8,12-13H2,1-3H3,(H,32,33). The van der Waals surface area contributed by atoms with Crippen molar-refractivity contribution in [2.75, 3.05) is 39.2 Å². The Morgan fingerprint density at radius 1 is 1.11 bits per heavy atom. The zero-order valence-corrected chi connectivity index (χ0v) is 20.1. The molecule has 1 saturated heterocycles. The maximum atomic E-state index is 12.0. The van der Waals surface area contributed by atoms with Gasteiger partial charge in [0.1, 0.15) is 0 Å². The smallest absolute Gasteiger partial charge is 0.409 e. The van der Waals surface area contributed by atoms with E-state index in [0.717, 1.165) is 36.8 Å². The van der Waals surface area contributed by atoms with Gasteiger partial charge in [-0.25, -0.2) is 29.2 Å². The lowest BCUT2D eigenvalue weighted by atomic mass is 9.92. The maximum Gasteiger partial charge on any atom is 0.409 e. The normalized spacial score (nSPS) is 16.8. The minimum atomic E-state index is -1.10. The van der Waals surface area contributed by atoms with Gasteiger partial charge >= 0.3 is 12.1 Å². The number of carbonyl (C=O) groups excluding carboxylic acids is 1. The molecule has 1 aliphatic heterocycles. The van der Waals surface area contributed by atoms with E-state index in [9.17, 15) is 14.7 Å². The minimum Gasteiger partial charge on any atom is -0.477 e. The van der Waals surface area contributed by atoms with Gasteiger partial charge in [-0.3, -0.25) is 0 Å². The third-order valence-corrected chi connectivity index (χ3v) is 6.88. The van der Waals surface area contributed by atoms with E-state index in [4.69, 9.17) is 9.84 Å². The molecule has 0 radical (unpaired) electrons. The molecule has 1 amide bonds. The molecule has 0 atom stereocenters. The van der Waals surface area contributed by atoms with Crippen LogP contribution in [0.4, 0.5) is 10.7 Å². The quantitative estimate of drug-likeness (QED) is 0.586. The Labute approximate surface area is 202 Å². The number of amides is 1. The predicted molar refractivity (Wildman–Crippen MR) is 129 cm³/mol.